The van der Waals surface area contributed by atoms with Crippen LogP contribution in [0.2, 0.25) is 0 Å². The molecule has 0 spiro atoms. The summed E-state index contributed by atoms with van der Waals surface area (Å²) in [7, 11) is 0. The molecule has 0 radical (unpaired) electrons. The van der Waals surface area contributed by atoms with Crippen LogP contribution in [0.25, 0.3) is 28.1 Å². The molecule has 2 bridgehead atoms. The number of aromatic nitrogens is 3. The first-order valence-electron chi connectivity index (χ1n) is 9.88. The maximum absolute atomic E-state index is 15.1. The Morgan fingerprint density at radius 2 is 2.00 bits per heavy atom. The van der Waals surface area contributed by atoms with Gasteiger partial charge in [-0.25, -0.2) is 4.39 Å². The Hall–Kier alpha value is -2.86. The predicted octanol–water partition coefficient (Wildman–Crippen LogP) is 4.42. The van der Waals surface area contributed by atoms with Crippen LogP contribution in [0, 0.1) is 0 Å². The molecule has 29 heavy (non-hydrogen) atoms. The van der Waals surface area contributed by atoms with Gasteiger partial charge >= 0.3 is 0 Å². The zero-order chi connectivity index (χ0) is 20.2. The molecule has 2 aromatic heterocycles. The molecule has 3 atom stereocenters. The summed E-state index contributed by atoms with van der Waals surface area (Å²) in [5.74, 6) is 0.130. The number of nitrogens with zero attached hydrogens (tertiary/aromatic N) is 3. The van der Waals surface area contributed by atoms with E-state index in [1.54, 1.807) is 30.9 Å². The average Bonchev–Trinajstić information content (AvgIpc) is 2.98. The first kappa shape index (κ1) is 18.2. The molecule has 2 fully saturated rings. The van der Waals surface area contributed by atoms with Gasteiger partial charge < -0.3 is 10.4 Å². The zero-order valence-corrected chi connectivity index (χ0v) is 16.5. The highest BCUT2D eigenvalue weighted by Gasteiger charge is 2.52. The van der Waals surface area contributed by atoms with Gasteiger partial charge in [0.1, 0.15) is 11.9 Å². The van der Waals surface area contributed by atoms with Crippen LogP contribution in [-0.2, 0) is 0 Å². The standard InChI is InChI=1S/C23H23FN4O/c1-22-4-5-23(2,28-22)21(24)15(10-22)7-17-12-27-19(13-26-17)18-8-14-3-6-25-11-16(14)9-20(18)29/h3,6-9,11-13,21,28-29H,4-5,10H2,1-2H3/b15-7-/t21-,22-,23+/m0/s1. The first-order valence-corrected chi connectivity index (χ1v) is 9.88. The van der Waals surface area contributed by atoms with Crippen molar-refractivity contribution in [3.8, 4) is 17.0 Å². The fourth-order valence-corrected chi connectivity index (χ4v) is 4.82. The van der Waals surface area contributed by atoms with Crippen LogP contribution >= 0.6 is 0 Å². The van der Waals surface area contributed by atoms with Gasteiger partial charge in [0.25, 0.3) is 0 Å². The topological polar surface area (TPSA) is 70.9 Å². The highest BCUT2D eigenvalue weighted by molar-refractivity contribution is 5.89. The number of hydrogen-bond donors (Lipinski definition) is 2. The summed E-state index contributed by atoms with van der Waals surface area (Å²) < 4.78 is 15.1. The molecule has 0 unspecified atom stereocenters. The third-order valence-electron chi connectivity index (χ3n) is 6.30. The van der Waals surface area contributed by atoms with Crippen molar-refractivity contribution in [3.63, 3.8) is 0 Å². The molecule has 5 rings (SSSR count). The molecule has 3 aromatic rings. The first-order chi connectivity index (χ1) is 13.9. The van der Waals surface area contributed by atoms with Crippen molar-refractivity contribution < 1.29 is 9.50 Å². The lowest BCUT2D eigenvalue weighted by Gasteiger charge is -2.41. The smallest absolute Gasteiger partial charge is 0.139 e. The van der Waals surface area contributed by atoms with Gasteiger partial charge in [0, 0.05) is 28.9 Å². The molecule has 2 N–H and O–H groups in total. The lowest BCUT2D eigenvalue weighted by molar-refractivity contribution is 0.160. The largest absolute Gasteiger partial charge is 0.507 e. The van der Waals surface area contributed by atoms with E-state index in [4.69, 9.17) is 0 Å². The Bertz CT molecular complexity index is 1130. The van der Waals surface area contributed by atoms with Crippen molar-refractivity contribution in [3.05, 3.63) is 54.3 Å². The minimum absolute atomic E-state index is 0.0533. The van der Waals surface area contributed by atoms with Gasteiger partial charge in [-0.2, -0.15) is 0 Å². The van der Waals surface area contributed by atoms with Gasteiger partial charge in [-0.05, 0) is 68.3 Å². The quantitative estimate of drug-likeness (QED) is 0.678. The lowest BCUT2D eigenvalue weighted by Crippen LogP contribution is -2.57. The van der Waals surface area contributed by atoms with Crippen molar-refractivity contribution in [1.82, 2.24) is 20.3 Å². The third-order valence-corrected chi connectivity index (χ3v) is 6.30. The monoisotopic (exact) mass is 390 g/mol. The normalized spacial score (nSPS) is 30.2. The molecule has 5 nitrogen and oxygen atoms in total. The molecule has 0 aliphatic carbocycles. The Labute approximate surface area is 168 Å². The Morgan fingerprint density at radius 1 is 1.14 bits per heavy atom. The van der Waals surface area contributed by atoms with E-state index in [2.05, 4.69) is 27.2 Å². The fourth-order valence-electron chi connectivity index (χ4n) is 4.82. The SMILES string of the molecule is C[C@@]12CC[C@@](C)(N1)[C@@H](F)/C(=C\c1cnc(-c3cc4ccncc4cc3O)cn1)C2. The maximum Gasteiger partial charge on any atom is 0.139 e. The van der Waals surface area contributed by atoms with Crippen LogP contribution in [0.1, 0.15) is 38.8 Å². The molecule has 1 aromatic carbocycles. The number of phenols is 1. The number of benzene rings is 1. The van der Waals surface area contributed by atoms with Gasteiger partial charge in [0.15, 0.2) is 0 Å². The van der Waals surface area contributed by atoms with E-state index in [0.717, 1.165) is 29.2 Å². The van der Waals surface area contributed by atoms with E-state index in [-0.39, 0.29) is 11.3 Å². The van der Waals surface area contributed by atoms with Gasteiger partial charge in [0.2, 0.25) is 0 Å². The number of phenolic OH excluding ortho intramolecular Hbond substituents is 1. The summed E-state index contributed by atoms with van der Waals surface area (Å²) in [5.41, 5.74) is 2.03. The van der Waals surface area contributed by atoms with E-state index < -0.39 is 11.7 Å². The summed E-state index contributed by atoms with van der Waals surface area (Å²) in [4.78, 5) is 13.0. The number of alkyl halides is 1. The Kier molecular flexibility index (Phi) is 3.96. The summed E-state index contributed by atoms with van der Waals surface area (Å²) in [6.07, 6.45) is 9.97. The van der Waals surface area contributed by atoms with Gasteiger partial charge in [-0.3, -0.25) is 15.0 Å². The van der Waals surface area contributed by atoms with Crippen LogP contribution in [0.3, 0.4) is 0 Å². The van der Waals surface area contributed by atoms with Gasteiger partial charge in [-0.1, -0.05) is 0 Å². The molecule has 0 saturated carbocycles. The number of aromatic hydroxyl groups is 1. The summed E-state index contributed by atoms with van der Waals surface area (Å²) in [6, 6.07) is 5.44. The summed E-state index contributed by atoms with van der Waals surface area (Å²) in [6.45, 7) is 4.12. The number of rotatable bonds is 2. The minimum atomic E-state index is -1.03. The van der Waals surface area contributed by atoms with Gasteiger partial charge in [0.05, 0.1) is 29.3 Å². The highest BCUT2D eigenvalue weighted by Crippen LogP contribution is 2.46. The van der Waals surface area contributed by atoms with Crippen molar-refractivity contribution in [2.45, 2.75) is 50.4 Å². The maximum atomic E-state index is 15.1. The molecular weight excluding hydrogens is 367 g/mol. The van der Waals surface area contributed by atoms with Crippen LogP contribution in [0.5, 0.6) is 5.75 Å². The number of hydrogen-bond acceptors (Lipinski definition) is 5. The second-order valence-electron chi connectivity index (χ2n) is 8.78. The number of fused-ring (bicyclic) bond motifs is 3. The number of nitrogens with one attached hydrogen (secondary N) is 1. The predicted molar refractivity (Wildman–Crippen MR) is 111 cm³/mol. The summed E-state index contributed by atoms with van der Waals surface area (Å²) >= 11 is 0. The molecule has 148 valence electrons. The molecule has 4 heterocycles. The molecule has 0 amide bonds. The molecule has 2 aliphatic rings. The van der Waals surface area contributed by atoms with E-state index in [1.165, 1.54) is 0 Å². The van der Waals surface area contributed by atoms with E-state index >= 15 is 4.39 Å². The second-order valence-corrected chi connectivity index (χ2v) is 8.78. The number of piperidine rings is 1. The van der Waals surface area contributed by atoms with Gasteiger partial charge in [-0.15, -0.1) is 0 Å². The van der Waals surface area contributed by atoms with E-state index in [1.807, 2.05) is 25.1 Å². The fraction of sp³-hybridized carbons (Fsp3) is 0.348. The van der Waals surface area contributed by atoms with Crippen LogP contribution in [0.4, 0.5) is 4.39 Å². The number of halogens is 1. The molecular formula is C23H23FN4O. The third kappa shape index (κ3) is 3.08. The lowest BCUT2D eigenvalue weighted by atomic mass is 9.82. The average molecular weight is 390 g/mol. The van der Waals surface area contributed by atoms with Crippen molar-refractivity contribution >= 4 is 16.8 Å². The minimum Gasteiger partial charge on any atom is -0.507 e. The van der Waals surface area contributed by atoms with E-state index in [9.17, 15) is 5.11 Å². The van der Waals surface area contributed by atoms with Crippen molar-refractivity contribution in [2.75, 3.05) is 0 Å². The van der Waals surface area contributed by atoms with Crippen LogP contribution in [0.15, 0.2) is 48.6 Å². The van der Waals surface area contributed by atoms with Crippen molar-refractivity contribution in [2.24, 2.45) is 0 Å². The zero-order valence-electron chi connectivity index (χ0n) is 16.5. The highest BCUT2D eigenvalue weighted by atomic mass is 19.1. The summed E-state index contributed by atoms with van der Waals surface area (Å²) in [5, 5.41) is 15.7. The Morgan fingerprint density at radius 3 is 2.79 bits per heavy atom. The second kappa shape index (κ2) is 6.32. The number of pyridine rings is 1. The van der Waals surface area contributed by atoms with Crippen LogP contribution < -0.4 is 5.32 Å². The Balaban J connectivity index is 1.47. The molecule has 2 saturated heterocycles. The van der Waals surface area contributed by atoms with E-state index in [0.29, 0.717) is 23.4 Å². The van der Waals surface area contributed by atoms with Crippen LogP contribution in [-0.4, -0.2) is 37.3 Å². The van der Waals surface area contributed by atoms with Crippen molar-refractivity contribution in [1.29, 1.82) is 0 Å². The molecule has 6 heteroatoms. The molecule has 2 aliphatic heterocycles.